The number of allylic oxidation sites excluding steroid dienone is 7. The molecule has 6 nitrogen and oxygen atoms in total. The Labute approximate surface area is 372 Å². The predicted octanol–water partition coefficient (Wildman–Crippen LogP) is 15.5. The average molecular weight is 842 g/mol. The molecule has 0 aliphatic carbocycles. The predicted molar refractivity (Wildman–Crippen MR) is 259 cm³/mol. The summed E-state index contributed by atoms with van der Waals surface area (Å²) in [6.45, 7) is 4.80. The Morgan fingerprint density at radius 3 is 1.33 bits per heavy atom. The molecule has 0 aromatic carbocycles. The fourth-order valence-electron chi connectivity index (χ4n) is 7.54. The molecule has 0 heterocycles. The van der Waals surface area contributed by atoms with Gasteiger partial charge in [0.15, 0.2) is 0 Å². The van der Waals surface area contributed by atoms with Gasteiger partial charge in [-0.15, -0.1) is 0 Å². The number of aliphatic hydroxyl groups is 2. The summed E-state index contributed by atoms with van der Waals surface area (Å²) in [6, 6.07) is -0.635. The molecule has 0 saturated carbocycles. The van der Waals surface area contributed by atoms with Crippen LogP contribution in [-0.2, 0) is 14.3 Å². The second-order valence-corrected chi connectivity index (χ2v) is 17.5. The van der Waals surface area contributed by atoms with Crippen molar-refractivity contribution in [3.63, 3.8) is 0 Å². The molecule has 3 N–H and O–H groups in total. The molecule has 0 aliphatic heterocycles. The Morgan fingerprint density at radius 2 is 0.850 bits per heavy atom. The van der Waals surface area contributed by atoms with Gasteiger partial charge in [-0.3, -0.25) is 9.59 Å². The van der Waals surface area contributed by atoms with Crippen LogP contribution in [0.5, 0.6) is 0 Å². The molecule has 0 bridgehead atoms. The lowest BCUT2D eigenvalue weighted by Crippen LogP contribution is -2.45. The molecule has 6 heteroatoms. The summed E-state index contributed by atoms with van der Waals surface area (Å²) in [5.41, 5.74) is 0. The fraction of sp³-hybridized carbons (Fsp3) is 0.815. The van der Waals surface area contributed by atoms with Gasteiger partial charge in [0.2, 0.25) is 5.91 Å². The lowest BCUT2D eigenvalue weighted by molar-refractivity contribution is -0.143. The number of hydrogen-bond acceptors (Lipinski definition) is 5. The largest absolute Gasteiger partial charge is 0.466 e. The molecule has 60 heavy (non-hydrogen) atoms. The highest BCUT2D eigenvalue weighted by molar-refractivity contribution is 5.76. The summed E-state index contributed by atoms with van der Waals surface area (Å²) >= 11 is 0. The smallest absolute Gasteiger partial charge is 0.305 e. The van der Waals surface area contributed by atoms with Gasteiger partial charge in [-0.1, -0.05) is 210 Å². The lowest BCUT2D eigenvalue weighted by Gasteiger charge is -2.20. The van der Waals surface area contributed by atoms with Crippen LogP contribution in [0.25, 0.3) is 0 Å². The summed E-state index contributed by atoms with van der Waals surface area (Å²) in [7, 11) is 0. The second kappa shape index (κ2) is 49.5. The van der Waals surface area contributed by atoms with Crippen molar-refractivity contribution in [2.24, 2.45) is 0 Å². The van der Waals surface area contributed by atoms with Gasteiger partial charge in [0.25, 0.3) is 0 Å². The zero-order chi connectivity index (χ0) is 43.7. The van der Waals surface area contributed by atoms with Crippen LogP contribution in [0.1, 0.15) is 258 Å². The molecule has 0 fully saturated rings. The number of hydrogen-bond donors (Lipinski definition) is 3. The summed E-state index contributed by atoms with van der Waals surface area (Å²) < 4.78 is 5.42. The molecule has 0 rings (SSSR count). The molecule has 0 aromatic rings. The topological polar surface area (TPSA) is 95.9 Å². The summed E-state index contributed by atoms with van der Waals surface area (Å²) in [5.74, 6) is -0.106. The monoisotopic (exact) mass is 842 g/mol. The Kier molecular flexibility index (Phi) is 47.7. The lowest BCUT2D eigenvalue weighted by atomic mass is 10.0. The van der Waals surface area contributed by atoms with Gasteiger partial charge in [0, 0.05) is 12.8 Å². The van der Waals surface area contributed by atoms with Gasteiger partial charge < -0.3 is 20.3 Å². The summed E-state index contributed by atoms with van der Waals surface area (Å²) in [4.78, 5) is 24.4. The van der Waals surface area contributed by atoms with E-state index >= 15 is 0 Å². The molecule has 0 saturated heterocycles. The van der Waals surface area contributed by atoms with E-state index in [0.717, 1.165) is 77.0 Å². The molecule has 350 valence electrons. The van der Waals surface area contributed by atoms with E-state index in [0.29, 0.717) is 19.4 Å². The van der Waals surface area contributed by atoms with Crippen LogP contribution >= 0.6 is 0 Å². The number of amides is 1. The third-order valence-electron chi connectivity index (χ3n) is 11.6. The van der Waals surface area contributed by atoms with E-state index in [4.69, 9.17) is 4.74 Å². The SMILES string of the molecule is CCCC/C=C\CCCCCCCC(=O)OCCCCC/C=C\C=C/CCCCCCCCCCCCC(=O)NC(CO)C(O)/C=C/CCCCCCCCCCCCC. The third kappa shape index (κ3) is 45.3. The fourth-order valence-corrected chi connectivity index (χ4v) is 7.54. The number of ether oxygens (including phenoxy) is 1. The zero-order valence-corrected chi connectivity index (χ0v) is 39.7. The maximum absolute atomic E-state index is 12.4. The summed E-state index contributed by atoms with van der Waals surface area (Å²) in [5, 5.41) is 23.0. The van der Waals surface area contributed by atoms with E-state index < -0.39 is 12.1 Å². The van der Waals surface area contributed by atoms with E-state index in [9.17, 15) is 19.8 Å². The minimum Gasteiger partial charge on any atom is -0.466 e. The maximum Gasteiger partial charge on any atom is 0.305 e. The van der Waals surface area contributed by atoms with Crippen molar-refractivity contribution in [2.75, 3.05) is 13.2 Å². The molecule has 0 aliphatic rings. The van der Waals surface area contributed by atoms with Gasteiger partial charge in [-0.2, -0.15) is 0 Å². The van der Waals surface area contributed by atoms with Crippen LogP contribution < -0.4 is 5.32 Å². The first-order chi connectivity index (χ1) is 29.5. The highest BCUT2D eigenvalue weighted by Crippen LogP contribution is 2.15. The Bertz CT molecular complexity index is 1020. The van der Waals surface area contributed by atoms with Crippen molar-refractivity contribution in [2.45, 2.75) is 270 Å². The minimum atomic E-state index is -0.851. The van der Waals surface area contributed by atoms with Gasteiger partial charge in [0.1, 0.15) is 0 Å². The Morgan fingerprint density at radius 1 is 0.467 bits per heavy atom. The minimum absolute atomic E-state index is 0.0262. The van der Waals surface area contributed by atoms with Gasteiger partial charge in [-0.05, 0) is 83.5 Å². The van der Waals surface area contributed by atoms with Crippen LogP contribution in [0, 0.1) is 0 Å². The number of carbonyl (C=O) groups excluding carboxylic acids is 2. The standard InChI is InChI=1S/C54H99NO5/c1-3-5-7-9-11-13-15-23-27-30-34-38-42-46-52(57)51(50-56)55-53(58)47-43-39-35-31-28-24-21-19-17-16-18-20-22-25-29-33-37-41-45-49-60-54(59)48-44-40-36-32-26-14-12-10-8-6-4-2/h10,12,20,22,25,29,42,46,51-52,56-57H,3-9,11,13-19,21,23-24,26-28,30-41,43-45,47-50H2,1-2H3,(H,55,58)/b12-10-,22-20-,29-25-,46-42+. The first-order valence-electron chi connectivity index (χ1n) is 25.9. The molecule has 2 atom stereocenters. The molecule has 0 spiro atoms. The number of aliphatic hydroxyl groups excluding tert-OH is 2. The van der Waals surface area contributed by atoms with E-state index in [1.54, 1.807) is 6.08 Å². The van der Waals surface area contributed by atoms with Crippen molar-refractivity contribution in [3.05, 3.63) is 48.6 Å². The van der Waals surface area contributed by atoms with E-state index in [-0.39, 0.29) is 18.5 Å². The molecule has 0 radical (unpaired) electrons. The quantitative estimate of drug-likeness (QED) is 0.0245. The van der Waals surface area contributed by atoms with Crippen molar-refractivity contribution in [1.29, 1.82) is 0 Å². The Hall–Kier alpha value is -2.18. The van der Waals surface area contributed by atoms with Crippen LogP contribution in [0.4, 0.5) is 0 Å². The molecule has 1 amide bonds. The zero-order valence-electron chi connectivity index (χ0n) is 39.7. The van der Waals surface area contributed by atoms with Gasteiger partial charge >= 0.3 is 5.97 Å². The van der Waals surface area contributed by atoms with Gasteiger partial charge in [0.05, 0.1) is 25.4 Å². The number of esters is 1. The Balaban J connectivity index is 3.53. The number of carbonyl (C=O) groups is 2. The molecular formula is C54H99NO5. The van der Waals surface area contributed by atoms with Crippen molar-refractivity contribution in [1.82, 2.24) is 5.32 Å². The normalized spacial score (nSPS) is 13.1. The summed E-state index contributed by atoms with van der Waals surface area (Å²) in [6.07, 6.45) is 61.1. The highest BCUT2D eigenvalue weighted by atomic mass is 16.5. The maximum atomic E-state index is 12.4. The van der Waals surface area contributed by atoms with Crippen molar-refractivity contribution in [3.8, 4) is 0 Å². The molecule has 0 aromatic heterocycles. The van der Waals surface area contributed by atoms with Crippen molar-refractivity contribution < 1.29 is 24.5 Å². The van der Waals surface area contributed by atoms with E-state index in [1.165, 1.54) is 154 Å². The van der Waals surface area contributed by atoms with Crippen LogP contribution in [0.15, 0.2) is 48.6 Å². The van der Waals surface area contributed by atoms with Gasteiger partial charge in [-0.25, -0.2) is 0 Å². The van der Waals surface area contributed by atoms with E-state index in [1.807, 2.05) is 6.08 Å². The first-order valence-corrected chi connectivity index (χ1v) is 25.9. The van der Waals surface area contributed by atoms with E-state index in [2.05, 4.69) is 55.6 Å². The van der Waals surface area contributed by atoms with Crippen molar-refractivity contribution >= 4 is 11.9 Å². The second-order valence-electron chi connectivity index (χ2n) is 17.5. The first kappa shape index (κ1) is 57.8. The average Bonchev–Trinajstić information content (AvgIpc) is 3.25. The van der Waals surface area contributed by atoms with Crippen LogP contribution in [0.3, 0.4) is 0 Å². The van der Waals surface area contributed by atoms with Crippen LogP contribution in [-0.4, -0.2) is 47.4 Å². The number of rotatable bonds is 47. The van der Waals surface area contributed by atoms with Crippen LogP contribution in [0.2, 0.25) is 0 Å². The third-order valence-corrected chi connectivity index (χ3v) is 11.6. The highest BCUT2D eigenvalue weighted by Gasteiger charge is 2.18. The molecular weight excluding hydrogens is 743 g/mol. The number of unbranched alkanes of at least 4 members (excludes halogenated alkanes) is 31. The number of nitrogens with one attached hydrogen (secondary N) is 1. The molecule has 2 unspecified atom stereocenters.